The number of nitrogens with two attached hydrogens (primary N) is 2. The second-order valence-corrected chi connectivity index (χ2v) is 7.56. The number of nitrogens with zero attached hydrogens (tertiary/aromatic N) is 1. The molecule has 0 fully saturated rings. The molecule has 0 aromatic heterocycles. The normalized spacial score (nSPS) is 12.2. The summed E-state index contributed by atoms with van der Waals surface area (Å²) in [6.45, 7) is 10.2. The minimum atomic E-state index is -3.74. The van der Waals surface area contributed by atoms with Gasteiger partial charge < -0.3 is 10.6 Å². The summed E-state index contributed by atoms with van der Waals surface area (Å²) in [7, 11) is -3.74. The molecule has 0 aliphatic heterocycles. The Bertz CT molecular complexity index is 544. The van der Waals surface area contributed by atoms with E-state index in [1.165, 1.54) is 6.07 Å². The van der Waals surface area contributed by atoms with Crippen molar-refractivity contribution in [2.45, 2.75) is 32.6 Å². The maximum Gasteiger partial charge on any atom is 0.238 e. The summed E-state index contributed by atoms with van der Waals surface area (Å²) in [5, 5.41) is 5.20. The summed E-state index contributed by atoms with van der Waals surface area (Å²) in [6, 6.07) is 4.78. The Labute approximate surface area is 122 Å². The van der Waals surface area contributed by atoms with Crippen LogP contribution < -0.4 is 15.8 Å². The quantitative estimate of drug-likeness (QED) is 0.787. The molecule has 0 radical (unpaired) electrons. The van der Waals surface area contributed by atoms with Crippen LogP contribution in [-0.4, -0.2) is 21.5 Å². The van der Waals surface area contributed by atoms with Gasteiger partial charge in [-0.05, 0) is 30.0 Å². The van der Waals surface area contributed by atoms with E-state index >= 15 is 0 Å². The average molecular weight is 299 g/mol. The number of rotatable bonds is 6. The van der Waals surface area contributed by atoms with Gasteiger partial charge in [0.05, 0.1) is 4.90 Å². The maximum absolute atomic E-state index is 11.5. The largest absolute Gasteiger partial charge is 0.399 e. The Balaban J connectivity index is 3.22. The fourth-order valence-electron chi connectivity index (χ4n) is 2.12. The zero-order valence-corrected chi connectivity index (χ0v) is 13.4. The lowest BCUT2D eigenvalue weighted by molar-refractivity contribution is 0.552. The zero-order chi connectivity index (χ0) is 15.5. The van der Waals surface area contributed by atoms with Gasteiger partial charge in [-0.3, -0.25) is 0 Å². The van der Waals surface area contributed by atoms with E-state index < -0.39 is 10.0 Å². The van der Waals surface area contributed by atoms with Crippen LogP contribution >= 0.6 is 0 Å². The van der Waals surface area contributed by atoms with E-state index in [1.54, 1.807) is 12.1 Å². The number of hydrogen-bond acceptors (Lipinski definition) is 4. The summed E-state index contributed by atoms with van der Waals surface area (Å²) in [5.41, 5.74) is 7.02. The molecule has 0 aliphatic carbocycles. The molecule has 1 rings (SSSR count). The molecule has 20 heavy (non-hydrogen) atoms. The van der Waals surface area contributed by atoms with Crippen LogP contribution in [-0.2, 0) is 10.0 Å². The maximum atomic E-state index is 11.5. The lowest BCUT2D eigenvalue weighted by atomic mass is 10.1. The van der Waals surface area contributed by atoms with E-state index in [9.17, 15) is 8.42 Å². The molecule has 0 heterocycles. The second kappa shape index (κ2) is 6.45. The molecular formula is C14H25N3O2S. The van der Waals surface area contributed by atoms with E-state index in [0.29, 0.717) is 17.5 Å². The van der Waals surface area contributed by atoms with Crippen LogP contribution in [0.15, 0.2) is 23.1 Å². The highest BCUT2D eigenvalue weighted by Crippen LogP contribution is 2.24. The Hall–Kier alpha value is -1.27. The number of nitrogen functional groups attached to an aromatic ring is 1. The highest BCUT2D eigenvalue weighted by Gasteiger charge is 2.15. The SMILES string of the molecule is CC(C)CN(CC(C)C)c1cc(N)cc(S(N)(=O)=O)c1. The van der Waals surface area contributed by atoms with Crippen molar-refractivity contribution in [3.05, 3.63) is 18.2 Å². The van der Waals surface area contributed by atoms with Crippen molar-refractivity contribution in [3.8, 4) is 0 Å². The molecule has 1 aromatic carbocycles. The molecule has 0 amide bonds. The smallest absolute Gasteiger partial charge is 0.238 e. The third kappa shape index (κ3) is 5.02. The van der Waals surface area contributed by atoms with Crippen LogP contribution in [0.25, 0.3) is 0 Å². The van der Waals surface area contributed by atoms with Gasteiger partial charge >= 0.3 is 0 Å². The van der Waals surface area contributed by atoms with Crippen LogP contribution in [0, 0.1) is 11.8 Å². The molecule has 114 valence electrons. The molecule has 0 unspecified atom stereocenters. The topological polar surface area (TPSA) is 89.4 Å². The van der Waals surface area contributed by atoms with Crippen LogP contribution in [0.5, 0.6) is 0 Å². The predicted octanol–water partition coefficient (Wildman–Crippen LogP) is 2.03. The Kier molecular flexibility index (Phi) is 5.42. The van der Waals surface area contributed by atoms with Crippen LogP contribution in [0.2, 0.25) is 0 Å². The van der Waals surface area contributed by atoms with Crippen molar-refractivity contribution in [3.63, 3.8) is 0 Å². The Morgan fingerprint density at radius 2 is 1.55 bits per heavy atom. The minimum absolute atomic E-state index is 0.0602. The number of sulfonamides is 1. The third-order valence-corrected chi connectivity index (χ3v) is 3.67. The monoisotopic (exact) mass is 299 g/mol. The van der Waals surface area contributed by atoms with Crippen molar-refractivity contribution in [2.24, 2.45) is 17.0 Å². The summed E-state index contributed by atoms with van der Waals surface area (Å²) in [6.07, 6.45) is 0. The van der Waals surface area contributed by atoms with E-state index in [1.807, 2.05) is 0 Å². The average Bonchev–Trinajstić information content (AvgIpc) is 2.24. The van der Waals surface area contributed by atoms with Gasteiger partial charge in [-0.1, -0.05) is 27.7 Å². The molecule has 5 nitrogen and oxygen atoms in total. The van der Waals surface area contributed by atoms with E-state index in [4.69, 9.17) is 10.9 Å². The molecule has 6 heteroatoms. The summed E-state index contributed by atoms with van der Waals surface area (Å²) in [5.74, 6) is 0.932. The Morgan fingerprint density at radius 1 is 1.05 bits per heavy atom. The van der Waals surface area contributed by atoms with Crippen molar-refractivity contribution in [2.75, 3.05) is 23.7 Å². The minimum Gasteiger partial charge on any atom is -0.399 e. The molecule has 0 aliphatic rings. The first kappa shape index (κ1) is 16.8. The zero-order valence-electron chi connectivity index (χ0n) is 12.6. The van der Waals surface area contributed by atoms with Gasteiger partial charge in [-0.25, -0.2) is 13.6 Å². The summed E-state index contributed by atoms with van der Waals surface area (Å²) < 4.78 is 23.0. The third-order valence-electron chi connectivity index (χ3n) is 2.78. The molecule has 0 saturated carbocycles. The first-order valence-corrected chi connectivity index (χ1v) is 8.32. The van der Waals surface area contributed by atoms with Gasteiger partial charge in [0.2, 0.25) is 10.0 Å². The highest BCUT2D eigenvalue weighted by atomic mass is 32.2. The van der Waals surface area contributed by atoms with E-state index in [0.717, 1.165) is 18.8 Å². The number of anilines is 2. The van der Waals surface area contributed by atoms with Crippen molar-refractivity contribution < 1.29 is 8.42 Å². The van der Waals surface area contributed by atoms with Crippen molar-refractivity contribution in [1.82, 2.24) is 0 Å². The standard InChI is InChI=1S/C14H25N3O2S/c1-10(2)8-17(9-11(3)4)13-5-12(15)6-14(7-13)20(16,18)19/h5-7,10-11H,8-9,15H2,1-4H3,(H2,16,18,19). The van der Waals surface area contributed by atoms with Gasteiger partial charge in [0, 0.05) is 24.5 Å². The molecule has 0 atom stereocenters. The van der Waals surface area contributed by atoms with Gasteiger partial charge in [0.1, 0.15) is 0 Å². The van der Waals surface area contributed by atoms with Crippen LogP contribution in [0.3, 0.4) is 0 Å². The second-order valence-electron chi connectivity index (χ2n) is 6.00. The predicted molar refractivity (Wildman–Crippen MR) is 84.1 cm³/mol. The van der Waals surface area contributed by atoms with Gasteiger partial charge in [0.25, 0.3) is 0 Å². The van der Waals surface area contributed by atoms with Gasteiger partial charge in [0.15, 0.2) is 0 Å². The van der Waals surface area contributed by atoms with Crippen LogP contribution in [0.4, 0.5) is 11.4 Å². The van der Waals surface area contributed by atoms with Gasteiger partial charge in [-0.15, -0.1) is 0 Å². The van der Waals surface area contributed by atoms with Crippen molar-refractivity contribution >= 4 is 21.4 Å². The first-order valence-electron chi connectivity index (χ1n) is 6.78. The number of hydrogen-bond donors (Lipinski definition) is 2. The molecular weight excluding hydrogens is 274 g/mol. The first-order chi connectivity index (χ1) is 9.09. The fourth-order valence-corrected chi connectivity index (χ4v) is 2.70. The summed E-state index contributed by atoms with van der Waals surface area (Å²) in [4.78, 5) is 2.21. The highest BCUT2D eigenvalue weighted by molar-refractivity contribution is 7.89. The van der Waals surface area contributed by atoms with E-state index in [-0.39, 0.29) is 4.90 Å². The molecule has 1 aromatic rings. The molecule has 4 N–H and O–H groups in total. The van der Waals surface area contributed by atoms with E-state index in [2.05, 4.69) is 32.6 Å². The van der Waals surface area contributed by atoms with Crippen molar-refractivity contribution in [1.29, 1.82) is 0 Å². The molecule has 0 spiro atoms. The summed E-state index contributed by atoms with van der Waals surface area (Å²) >= 11 is 0. The fraction of sp³-hybridized carbons (Fsp3) is 0.571. The van der Waals surface area contributed by atoms with Crippen LogP contribution in [0.1, 0.15) is 27.7 Å². The number of primary sulfonamides is 1. The lowest BCUT2D eigenvalue weighted by Gasteiger charge is -2.29. The number of benzene rings is 1. The Morgan fingerprint density at radius 3 is 1.95 bits per heavy atom. The molecule has 0 bridgehead atoms. The lowest BCUT2D eigenvalue weighted by Crippen LogP contribution is -2.31. The molecule has 0 saturated heterocycles. The van der Waals surface area contributed by atoms with Gasteiger partial charge in [-0.2, -0.15) is 0 Å².